The van der Waals surface area contributed by atoms with E-state index in [-0.39, 0.29) is 0 Å². The van der Waals surface area contributed by atoms with Gasteiger partial charge in [-0.05, 0) is 12.1 Å². The van der Waals surface area contributed by atoms with Crippen LogP contribution < -0.4 is 5.73 Å². The summed E-state index contributed by atoms with van der Waals surface area (Å²) >= 11 is 3.24. The molecule has 1 fully saturated rings. The molecule has 3 N–H and O–H groups in total. The van der Waals surface area contributed by atoms with E-state index in [0.29, 0.717) is 5.56 Å². The van der Waals surface area contributed by atoms with Gasteiger partial charge >= 0.3 is 11.9 Å². The Labute approximate surface area is 111 Å². The van der Waals surface area contributed by atoms with Crippen molar-refractivity contribution in [3.8, 4) is 0 Å². The minimum absolute atomic E-state index is 0.302. The minimum Gasteiger partial charge on any atom is -0.424 e. The van der Waals surface area contributed by atoms with Gasteiger partial charge in [0.15, 0.2) is 0 Å². The van der Waals surface area contributed by atoms with Gasteiger partial charge in [-0.15, -0.1) is 0 Å². The van der Waals surface area contributed by atoms with Gasteiger partial charge in [0.05, 0.1) is 0 Å². The van der Waals surface area contributed by atoms with Crippen LogP contribution in [0.4, 0.5) is 0 Å². The predicted molar refractivity (Wildman–Crippen MR) is 62.8 cm³/mol. The zero-order valence-corrected chi connectivity index (χ0v) is 10.9. The molecule has 1 aliphatic rings. The van der Waals surface area contributed by atoms with Crippen molar-refractivity contribution in [3.63, 3.8) is 0 Å². The number of esters is 2. The lowest BCUT2D eigenvalue weighted by Crippen LogP contribution is -2.65. The third-order valence-electron chi connectivity index (χ3n) is 2.67. The van der Waals surface area contributed by atoms with Crippen LogP contribution in [0, 0.1) is 0 Å². The minimum atomic E-state index is -2.15. The number of nitrogens with two attached hydrogens (primary N) is 1. The fourth-order valence-corrected chi connectivity index (χ4v) is 1.87. The maximum Gasteiger partial charge on any atom is 0.420 e. The maximum atomic E-state index is 11.2. The van der Waals surface area contributed by atoms with E-state index in [0.717, 1.165) is 11.4 Å². The SMILES string of the molecule is C[C@]1(O)OC(=O)C(=O)O[C@@]1(N)c1ccc(Br)cc1. The van der Waals surface area contributed by atoms with Crippen LogP contribution in [0.2, 0.25) is 0 Å². The van der Waals surface area contributed by atoms with E-state index in [2.05, 4.69) is 20.7 Å². The number of cyclic esters (lactones) is 2. The van der Waals surface area contributed by atoms with Crippen molar-refractivity contribution in [2.75, 3.05) is 0 Å². The molecule has 0 unspecified atom stereocenters. The zero-order valence-electron chi connectivity index (χ0n) is 9.34. The molecule has 1 aliphatic heterocycles. The molecule has 0 saturated carbocycles. The monoisotopic (exact) mass is 315 g/mol. The quantitative estimate of drug-likeness (QED) is 0.574. The van der Waals surface area contributed by atoms with E-state index in [1.807, 2.05) is 0 Å². The Balaban J connectivity index is 2.48. The van der Waals surface area contributed by atoms with Gasteiger partial charge in [0.2, 0.25) is 0 Å². The summed E-state index contributed by atoms with van der Waals surface area (Å²) in [5.74, 6) is -4.67. The van der Waals surface area contributed by atoms with E-state index < -0.39 is 23.5 Å². The molecule has 2 atom stereocenters. The van der Waals surface area contributed by atoms with Gasteiger partial charge in [0.25, 0.3) is 11.5 Å². The number of aliphatic hydroxyl groups is 1. The third-order valence-corrected chi connectivity index (χ3v) is 3.20. The lowest BCUT2D eigenvalue weighted by atomic mass is 9.94. The first-order valence-electron chi connectivity index (χ1n) is 5.00. The van der Waals surface area contributed by atoms with Crippen molar-refractivity contribution in [1.82, 2.24) is 0 Å². The van der Waals surface area contributed by atoms with E-state index in [1.165, 1.54) is 0 Å². The second-order valence-electron chi connectivity index (χ2n) is 4.00. The smallest absolute Gasteiger partial charge is 0.420 e. The topological polar surface area (TPSA) is 98.8 Å². The first kappa shape index (κ1) is 13.0. The highest BCUT2D eigenvalue weighted by Gasteiger charge is 2.58. The first-order chi connectivity index (χ1) is 8.26. The van der Waals surface area contributed by atoms with Crippen molar-refractivity contribution in [3.05, 3.63) is 34.3 Å². The summed E-state index contributed by atoms with van der Waals surface area (Å²) in [4.78, 5) is 22.3. The third kappa shape index (κ3) is 1.90. The number of rotatable bonds is 1. The molecule has 7 heteroatoms. The van der Waals surface area contributed by atoms with E-state index in [4.69, 9.17) is 10.5 Å². The summed E-state index contributed by atoms with van der Waals surface area (Å²) < 4.78 is 10.2. The van der Waals surface area contributed by atoms with Crippen LogP contribution in [0.5, 0.6) is 0 Å². The second kappa shape index (κ2) is 4.04. The Kier molecular flexibility index (Phi) is 2.92. The number of carbonyl (C=O) groups excluding carboxylic acids is 2. The van der Waals surface area contributed by atoms with Crippen LogP contribution in [0.1, 0.15) is 12.5 Å². The van der Waals surface area contributed by atoms with Crippen LogP contribution in [0.3, 0.4) is 0 Å². The van der Waals surface area contributed by atoms with Crippen LogP contribution in [0.15, 0.2) is 28.7 Å². The van der Waals surface area contributed by atoms with Crippen molar-refractivity contribution in [1.29, 1.82) is 0 Å². The van der Waals surface area contributed by atoms with E-state index in [1.54, 1.807) is 24.3 Å². The molecule has 0 aliphatic carbocycles. The molecule has 0 amide bonds. The number of ether oxygens (including phenoxy) is 2. The number of halogens is 1. The average molecular weight is 316 g/mol. The van der Waals surface area contributed by atoms with Gasteiger partial charge in [0, 0.05) is 17.0 Å². The Morgan fingerprint density at radius 2 is 1.67 bits per heavy atom. The van der Waals surface area contributed by atoms with Crippen LogP contribution in [0.25, 0.3) is 0 Å². The molecule has 6 nitrogen and oxygen atoms in total. The normalized spacial score (nSPS) is 31.8. The molecular formula is C11H10BrNO5. The van der Waals surface area contributed by atoms with Gasteiger partial charge in [0.1, 0.15) is 0 Å². The average Bonchev–Trinajstić information content (AvgIpc) is 2.27. The van der Waals surface area contributed by atoms with E-state index in [9.17, 15) is 14.7 Å². The standard InChI is InChI=1S/C11H10BrNO5/c1-10(16)11(13,18-9(15)8(14)17-10)6-2-4-7(12)5-3-6/h2-5,16H,13H2,1H3/t10-,11-/m0/s1. The van der Waals surface area contributed by atoms with Gasteiger partial charge in [-0.25, -0.2) is 9.59 Å². The Bertz CT molecular complexity index is 513. The summed E-state index contributed by atoms with van der Waals surface area (Å²) in [5, 5.41) is 10.0. The van der Waals surface area contributed by atoms with Gasteiger partial charge in [-0.3, -0.25) is 5.73 Å². The summed E-state index contributed by atoms with van der Waals surface area (Å²) in [5.41, 5.74) is 4.23. The highest BCUT2D eigenvalue weighted by molar-refractivity contribution is 9.10. The van der Waals surface area contributed by atoms with Crippen molar-refractivity contribution in [2.45, 2.75) is 18.4 Å². The van der Waals surface area contributed by atoms with Crippen LogP contribution >= 0.6 is 15.9 Å². The molecule has 0 aromatic heterocycles. The molecule has 0 radical (unpaired) electrons. The summed E-state index contributed by atoms with van der Waals surface area (Å²) in [6.45, 7) is 1.15. The van der Waals surface area contributed by atoms with Crippen molar-refractivity contribution >= 4 is 27.9 Å². The molecule has 1 aromatic carbocycles. The molecular weight excluding hydrogens is 306 g/mol. The molecule has 96 valence electrons. The van der Waals surface area contributed by atoms with Crippen molar-refractivity contribution in [2.24, 2.45) is 5.73 Å². The largest absolute Gasteiger partial charge is 0.424 e. The highest BCUT2D eigenvalue weighted by Crippen LogP contribution is 2.36. The molecule has 18 heavy (non-hydrogen) atoms. The van der Waals surface area contributed by atoms with Crippen LogP contribution in [-0.2, 0) is 24.8 Å². The fraction of sp³-hybridized carbons (Fsp3) is 0.273. The van der Waals surface area contributed by atoms with Gasteiger partial charge in [-0.2, -0.15) is 0 Å². The lowest BCUT2D eigenvalue weighted by molar-refractivity contribution is -0.306. The van der Waals surface area contributed by atoms with Crippen molar-refractivity contribution < 1.29 is 24.2 Å². The fourth-order valence-electron chi connectivity index (χ4n) is 1.60. The molecule has 0 bridgehead atoms. The maximum absolute atomic E-state index is 11.2. The highest BCUT2D eigenvalue weighted by atomic mass is 79.9. The summed E-state index contributed by atoms with van der Waals surface area (Å²) in [6.07, 6.45) is 0. The van der Waals surface area contributed by atoms with Gasteiger partial charge in [-0.1, -0.05) is 28.1 Å². The zero-order chi connectivity index (χ0) is 13.6. The Hall–Kier alpha value is -1.44. The second-order valence-corrected chi connectivity index (χ2v) is 4.92. The number of benzene rings is 1. The molecule has 1 aromatic rings. The first-order valence-corrected chi connectivity index (χ1v) is 5.79. The Morgan fingerprint density at radius 3 is 2.22 bits per heavy atom. The van der Waals surface area contributed by atoms with E-state index >= 15 is 0 Å². The lowest BCUT2D eigenvalue weighted by Gasteiger charge is -2.42. The molecule has 0 spiro atoms. The molecule has 2 rings (SSSR count). The number of carbonyl (C=O) groups is 2. The number of hydrogen-bond donors (Lipinski definition) is 2. The Morgan fingerprint density at radius 1 is 1.17 bits per heavy atom. The van der Waals surface area contributed by atoms with Gasteiger partial charge < -0.3 is 14.6 Å². The summed E-state index contributed by atoms with van der Waals surface area (Å²) in [7, 11) is 0. The number of hydrogen-bond acceptors (Lipinski definition) is 6. The van der Waals surface area contributed by atoms with Crippen LogP contribution in [-0.4, -0.2) is 22.8 Å². The predicted octanol–water partition coefficient (Wildman–Crippen LogP) is 0.369. The molecule has 1 saturated heterocycles. The summed E-state index contributed by atoms with van der Waals surface area (Å²) in [6, 6.07) is 6.41. The molecule has 1 heterocycles.